The summed E-state index contributed by atoms with van der Waals surface area (Å²) in [7, 11) is 0. The third-order valence-corrected chi connectivity index (χ3v) is 3.68. The minimum Gasteiger partial charge on any atom is -0.366 e. The first kappa shape index (κ1) is 17.5. The lowest BCUT2D eigenvalue weighted by molar-refractivity contribution is 0.0945. The molecule has 0 aliphatic rings. The van der Waals surface area contributed by atoms with Crippen LogP contribution >= 0.6 is 0 Å². The predicted molar refractivity (Wildman–Crippen MR) is 93.3 cm³/mol. The Morgan fingerprint density at radius 2 is 1.73 bits per heavy atom. The molecule has 0 fully saturated rings. The van der Waals surface area contributed by atoms with Gasteiger partial charge in [-0.15, -0.1) is 0 Å². The minimum absolute atomic E-state index is 0.0633. The van der Waals surface area contributed by atoms with Gasteiger partial charge in [0.15, 0.2) is 0 Å². The molecule has 0 aliphatic carbocycles. The van der Waals surface area contributed by atoms with Crippen LogP contribution in [0.25, 0.3) is 0 Å². The smallest absolute Gasteiger partial charge is 0.270 e. The third-order valence-electron chi connectivity index (χ3n) is 3.68. The molecule has 7 heteroatoms. The summed E-state index contributed by atoms with van der Waals surface area (Å²) in [6.07, 6.45) is 1.27. The number of hydrogen-bond acceptors (Lipinski definition) is 4. The predicted octanol–water partition coefficient (Wildman–Crippen LogP) is 3.30. The summed E-state index contributed by atoms with van der Waals surface area (Å²) in [4.78, 5) is 20.2. The number of carbonyl (C=O) groups is 1. The van der Waals surface area contributed by atoms with Gasteiger partial charge < -0.3 is 10.6 Å². The summed E-state index contributed by atoms with van der Waals surface area (Å²) < 4.78 is 26.5. The van der Waals surface area contributed by atoms with Crippen molar-refractivity contribution in [3.05, 3.63) is 89.4 Å². The number of anilines is 1. The first-order valence-electron chi connectivity index (χ1n) is 7.94. The quantitative estimate of drug-likeness (QED) is 0.713. The highest BCUT2D eigenvalue weighted by Gasteiger charge is 2.10. The normalized spacial score (nSPS) is 10.4. The number of hydrogen-bond donors (Lipinski definition) is 2. The summed E-state index contributed by atoms with van der Waals surface area (Å²) in [5, 5.41) is 5.67. The molecule has 3 rings (SSSR count). The Balaban J connectivity index is 1.60. The van der Waals surface area contributed by atoms with Crippen molar-refractivity contribution in [2.24, 2.45) is 0 Å². The van der Waals surface area contributed by atoms with E-state index < -0.39 is 5.91 Å². The summed E-state index contributed by atoms with van der Waals surface area (Å²) in [5.41, 5.74) is 1.43. The van der Waals surface area contributed by atoms with E-state index in [9.17, 15) is 13.6 Å². The van der Waals surface area contributed by atoms with Gasteiger partial charge in [-0.05, 0) is 23.8 Å². The van der Waals surface area contributed by atoms with Crippen molar-refractivity contribution in [2.75, 3.05) is 5.32 Å². The van der Waals surface area contributed by atoms with Crippen molar-refractivity contribution in [2.45, 2.75) is 13.1 Å². The van der Waals surface area contributed by atoms with Gasteiger partial charge in [-0.3, -0.25) is 4.79 Å². The number of nitrogens with zero attached hydrogens (tertiary/aromatic N) is 2. The van der Waals surface area contributed by atoms with Crippen LogP contribution in [-0.2, 0) is 13.1 Å². The van der Waals surface area contributed by atoms with Gasteiger partial charge in [0.05, 0.1) is 0 Å². The molecule has 0 saturated carbocycles. The highest BCUT2D eigenvalue weighted by Crippen LogP contribution is 2.09. The van der Waals surface area contributed by atoms with Gasteiger partial charge >= 0.3 is 0 Å². The first-order valence-corrected chi connectivity index (χ1v) is 7.94. The Bertz CT molecular complexity index is 900. The van der Waals surface area contributed by atoms with Crippen molar-refractivity contribution < 1.29 is 13.6 Å². The maximum absolute atomic E-state index is 13.6. The molecule has 5 nitrogen and oxygen atoms in total. The second-order valence-corrected chi connectivity index (χ2v) is 5.54. The largest absolute Gasteiger partial charge is 0.366 e. The number of aromatic nitrogens is 2. The van der Waals surface area contributed by atoms with E-state index in [0.29, 0.717) is 17.9 Å². The molecule has 1 heterocycles. The third kappa shape index (κ3) is 4.60. The Labute approximate surface area is 149 Å². The number of benzene rings is 2. The lowest BCUT2D eigenvalue weighted by atomic mass is 10.2. The number of nitrogens with one attached hydrogen (secondary N) is 2. The molecule has 3 aromatic rings. The summed E-state index contributed by atoms with van der Waals surface area (Å²) in [6.45, 7) is 0.488. The van der Waals surface area contributed by atoms with Crippen LogP contribution in [0.15, 0.2) is 60.9 Å². The van der Waals surface area contributed by atoms with Crippen LogP contribution in [-0.4, -0.2) is 15.9 Å². The lowest BCUT2D eigenvalue weighted by Gasteiger charge is -2.08. The van der Waals surface area contributed by atoms with E-state index in [2.05, 4.69) is 20.6 Å². The van der Waals surface area contributed by atoms with Gasteiger partial charge in [0, 0.05) is 24.7 Å². The maximum Gasteiger partial charge on any atom is 0.270 e. The van der Waals surface area contributed by atoms with Crippen LogP contribution in [0.2, 0.25) is 0 Å². The average molecular weight is 354 g/mol. The minimum atomic E-state index is -0.430. The van der Waals surface area contributed by atoms with Gasteiger partial charge in [0.1, 0.15) is 29.5 Å². The Morgan fingerprint density at radius 1 is 0.962 bits per heavy atom. The molecule has 2 aromatic carbocycles. The molecule has 132 valence electrons. The molecule has 0 saturated heterocycles. The van der Waals surface area contributed by atoms with E-state index in [-0.39, 0.29) is 23.9 Å². The molecule has 0 spiro atoms. The number of carbonyl (C=O) groups excluding carboxylic acids is 1. The molecule has 0 unspecified atom stereocenters. The van der Waals surface area contributed by atoms with Crippen molar-refractivity contribution in [3.8, 4) is 0 Å². The fraction of sp³-hybridized carbons (Fsp3) is 0.105. The molecule has 1 aromatic heterocycles. The van der Waals surface area contributed by atoms with E-state index >= 15 is 0 Å². The zero-order valence-corrected chi connectivity index (χ0v) is 13.7. The van der Waals surface area contributed by atoms with Crippen LogP contribution in [0.4, 0.5) is 14.6 Å². The van der Waals surface area contributed by atoms with Gasteiger partial charge in [-0.25, -0.2) is 18.7 Å². The van der Waals surface area contributed by atoms with Crippen LogP contribution < -0.4 is 10.6 Å². The molecule has 0 atom stereocenters. The van der Waals surface area contributed by atoms with Crippen LogP contribution in [0.5, 0.6) is 0 Å². The molecule has 0 radical (unpaired) electrons. The topological polar surface area (TPSA) is 66.9 Å². The van der Waals surface area contributed by atoms with Gasteiger partial charge in [0.25, 0.3) is 5.91 Å². The van der Waals surface area contributed by atoms with Crippen molar-refractivity contribution in [3.63, 3.8) is 0 Å². The zero-order valence-electron chi connectivity index (χ0n) is 13.7. The Morgan fingerprint density at radius 3 is 2.50 bits per heavy atom. The molecular formula is C19H16F2N4O. The molecule has 26 heavy (non-hydrogen) atoms. The number of halogens is 2. The van der Waals surface area contributed by atoms with E-state index in [4.69, 9.17) is 0 Å². The van der Waals surface area contributed by atoms with E-state index in [1.165, 1.54) is 30.6 Å². The Hall–Kier alpha value is -3.35. The monoisotopic (exact) mass is 354 g/mol. The van der Waals surface area contributed by atoms with Crippen LogP contribution in [0.3, 0.4) is 0 Å². The van der Waals surface area contributed by atoms with Crippen LogP contribution in [0, 0.1) is 11.6 Å². The van der Waals surface area contributed by atoms with Gasteiger partial charge in [-0.1, -0.05) is 30.3 Å². The number of amides is 1. The van der Waals surface area contributed by atoms with Gasteiger partial charge in [0.2, 0.25) is 0 Å². The van der Waals surface area contributed by atoms with E-state index in [0.717, 1.165) is 5.56 Å². The second-order valence-electron chi connectivity index (χ2n) is 5.54. The summed E-state index contributed by atoms with van der Waals surface area (Å²) in [6, 6.07) is 13.8. The molecule has 1 amide bonds. The summed E-state index contributed by atoms with van der Waals surface area (Å²) >= 11 is 0. The van der Waals surface area contributed by atoms with Crippen molar-refractivity contribution in [1.82, 2.24) is 15.3 Å². The fourth-order valence-corrected chi connectivity index (χ4v) is 2.28. The molecule has 0 aliphatic heterocycles. The SMILES string of the molecule is O=C(NCc1ccccc1F)c1cc(NCc2ccc(F)cc2)ncn1. The maximum atomic E-state index is 13.6. The average Bonchev–Trinajstić information content (AvgIpc) is 2.67. The zero-order chi connectivity index (χ0) is 18.4. The number of rotatable bonds is 6. The van der Waals surface area contributed by atoms with Crippen molar-refractivity contribution >= 4 is 11.7 Å². The highest BCUT2D eigenvalue weighted by molar-refractivity contribution is 5.92. The Kier molecular flexibility index (Phi) is 5.48. The highest BCUT2D eigenvalue weighted by atomic mass is 19.1. The summed E-state index contributed by atoms with van der Waals surface area (Å²) in [5.74, 6) is -0.650. The molecular weight excluding hydrogens is 338 g/mol. The lowest BCUT2D eigenvalue weighted by Crippen LogP contribution is -2.24. The second kappa shape index (κ2) is 8.15. The molecule has 0 bridgehead atoms. The van der Waals surface area contributed by atoms with Gasteiger partial charge in [-0.2, -0.15) is 0 Å². The first-order chi connectivity index (χ1) is 12.6. The standard InChI is InChI=1S/C19H16F2N4O/c20-15-7-5-13(6-8-15)10-22-18-9-17(24-12-25-18)19(26)23-11-14-3-1-2-4-16(14)21/h1-9,12H,10-11H2,(H,23,26)(H,22,24,25). The van der Waals surface area contributed by atoms with E-state index in [1.54, 1.807) is 30.3 Å². The van der Waals surface area contributed by atoms with Crippen LogP contribution in [0.1, 0.15) is 21.6 Å². The van der Waals surface area contributed by atoms with E-state index in [1.807, 2.05) is 0 Å². The fourth-order valence-electron chi connectivity index (χ4n) is 2.28. The molecule has 2 N–H and O–H groups in total. The van der Waals surface area contributed by atoms with Crippen molar-refractivity contribution in [1.29, 1.82) is 0 Å².